The number of hydrogen-bond acceptors (Lipinski definition) is 5. The highest BCUT2D eigenvalue weighted by Crippen LogP contribution is 2.17. The number of nitrogens with zero attached hydrogens (tertiary/aromatic N) is 1. The number of carbonyl (C=O) groups excluding carboxylic acids is 1. The van der Waals surface area contributed by atoms with Gasteiger partial charge in [-0.1, -0.05) is 0 Å². The van der Waals surface area contributed by atoms with Gasteiger partial charge >= 0.3 is 16.3 Å². The number of carbonyl (C=O) groups is 1. The van der Waals surface area contributed by atoms with E-state index >= 15 is 0 Å². The second kappa shape index (κ2) is 5.62. The summed E-state index contributed by atoms with van der Waals surface area (Å²) in [6, 6.07) is 0. The Hall–Kier alpha value is -0.890. The molecule has 0 aliphatic carbocycles. The normalized spacial score (nSPS) is 25.2. The average molecular weight is 297 g/mol. The molecule has 1 aliphatic rings. The minimum atomic E-state index is -4.64. The molecule has 2 atom stereocenters. The van der Waals surface area contributed by atoms with Gasteiger partial charge in [-0.2, -0.15) is 8.42 Å². The van der Waals surface area contributed by atoms with Crippen molar-refractivity contribution in [1.29, 1.82) is 0 Å². The molecule has 1 rings (SSSR count). The van der Waals surface area contributed by atoms with E-state index < -0.39 is 33.8 Å². The van der Waals surface area contributed by atoms with Gasteiger partial charge < -0.3 is 14.4 Å². The van der Waals surface area contributed by atoms with Crippen molar-refractivity contribution in [1.82, 2.24) is 4.90 Å². The fourth-order valence-corrected chi connectivity index (χ4v) is 2.46. The predicted molar refractivity (Wildman–Crippen MR) is 67.0 cm³/mol. The number of hydrogen-bond donors (Lipinski definition) is 0. The maximum atomic E-state index is 12.7. The third-order valence-electron chi connectivity index (χ3n) is 2.36. The van der Waals surface area contributed by atoms with E-state index in [2.05, 4.69) is 0 Å². The molecule has 0 radical (unpaired) electrons. The van der Waals surface area contributed by atoms with Crippen LogP contribution in [0.3, 0.4) is 0 Å². The lowest BCUT2D eigenvalue weighted by Gasteiger charge is -2.36. The van der Waals surface area contributed by atoms with Crippen molar-refractivity contribution < 1.29 is 26.6 Å². The van der Waals surface area contributed by atoms with Crippen LogP contribution < -0.4 is 0 Å². The zero-order valence-electron chi connectivity index (χ0n) is 11.6. The Morgan fingerprint density at radius 2 is 2.00 bits per heavy atom. The Balaban J connectivity index is 2.67. The van der Waals surface area contributed by atoms with Gasteiger partial charge in [-0.3, -0.25) is 0 Å². The first-order chi connectivity index (χ1) is 8.46. The average Bonchev–Trinajstić information content (AvgIpc) is 2.10. The van der Waals surface area contributed by atoms with E-state index in [1.54, 1.807) is 27.7 Å². The molecule has 19 heavy (non-hydrogen) atoms. The fraction of sp³-hybridized carbons (Fsp3) is 0.909. The third kappa shape index (κ3) is 6.20. The van der Waals surface area contributed by atoms with Gasteiger partial charge in [0.05, 0.1) is 25.3 Å². The first-order valence-corrected chi connectivity index (χ1v) is 7.57. The van der Waals surface area contributed by atoms with Gasteiger partial charge in [0.2, 0.25) is 0 Å². The number of ether oxygens (including phenoxy) is 2. The molecule has 1 fully saturated rings. The van der Waals surface area contributed by atoms with Crippen LogP contribution in [0, 0.1) is 0 Å². The highest BCUT2D eigenvalue weighted by atomic mass is 32.3. The molecule has 6 nitrogen and oxygen atoms in total. The summed E-state index contributed by atoms with van der Waals surface area (Å²) in [4.78, 5) is 13.2. The van der Waals surface area contributed by atoms with E-state index in [-0.39, 0.29) is 19.2 Å². The first kappa shape index (κ1) is 16.2. The van der Waals surface area contributed by atoms with Gasteiger partial charge in [0.25, 0.3) is 0 Å². The monoisotopic (exact) mass is 297 g/mol. The summed E-state index contributed by atoms with van der Waals surface area (Å²) in [5.74, 6) is -0.753. The summed E-state index contributed by atoms with van der Waals surface area (Å²) in [7, 11) is -4.64. The number of halogens is 1. The molecule has 8 heteroatoms. The van der Waals surface area contributed by atoms with Crippen molar-refractivity contribution in [2.45, 2.75) is 45.5 Å². The number of amides is 1. The zero-order chi connectivity index (χ0) is 14.8. The van der Waals surface area contributed by atoms with E-state index in [1.165, 1.54) is 4.90 Å². The van der Waals surface area contributed by atoms with Gasteiger partial charge in [0.15, 0.2) is 0 Å². The molecule has 1 amide bonds. The molecule has 0 bridgehead atoms. The van der Waals surface area contributed by atoms with Crippen LogP contribution >= 0.6 is 0 Å². The van der Waals surface area contributed by atoms with Crippen LogP contribution in [0.15, 0.2) is 0 Å². The Kier molecular flexibility index (Phi) is 4.78. The lowest BCUT2D eigenvalue weighted by atomic mass is 10.2. The molecule has 1 heterocycles. The summed E-state index contributed by atoms with van der Waals surface area (Å²) in [6.45, 7) is 7.18. The van der Waals surface area contributed by atoms with Crippen molar-refractivity contribution in [2.75, 3.05) is 18.8 Å². The molecule has 0 N–H and O–H groups in total. The molecular formula is C11H20FNO5S. The summed E-state index contributed by atoms with van der Waals surface area (Å²) >= 11 is 0. The van der Waals surface area contributed by atoms with Gasteiger partial charge in [-0.25, -0.2) is 4.79 Å². The van der Waals surface area contributed by atoms with Gasteiger partial charge in [0.1, 0.15) is 11.4 Å². The second-order valence-corrected chi connectivity index (χ2v) is 7.07. The molecule has 0 aromatic carbocycles. The molecule has 1 saturated heterocycles. The lowest BCUT2D eigenvalue weighted by Crippen LogP contribution is -2.52. The van der Waals surface area contributed by atoms with E-state index in [0.29, 0.717) is 0 Å². The first-order valence-electron chi connectivity index (χ1n) is 6.02. The van der Waals surface area contributed by atoms with Crippen LogP contribution in [0.4, 0.5) is 8.68 Å². The number of morpholine rings is 1. The van der Waals surface area contributed by atoms with Crippen molar-refractivity contribution in [3.8, 4) is 0 Å². The molecule has 2 unspecified atom stereocenters. The minimum Gasteiger partial charge on any atom is -0.444 e. The Bertz CT molecular complexity index is 431. The van der Waals surface area contributed by atoms with Crippen LogP contribution in [0.5, 0.6) is 0 Å². The van der Waals surface area contributed by atoms with E-state index in [0.717, 1.165) is 0 Å². The molecule has 112 valence electrons. The van der Waals surface area contributed by atoms with Crippen LogP contribution in [0.2, 0.25) is 0 Å². The molecule has 0 spiro atoms. The van der Waals surface area contributed by atoms with Crippen molar-refractivity contribution >= 4 is 16.3 Å². The largest absolute Gasteiger partial charge is 0.444 e. The smallest absolute Gasteiger partial charge is 0.410 e. The van der Waals surface area contributed by atoms with Gasteiger partial charge in [-0.05, 0) is 27.7 Å². The minimum absolute atomic E-state index is 0.00238. The second-order valence-electron chi connectivity index (χ2n) is 5.66. The predicted octanol–water partition coefficient (Wildman–Crippen LogP) is 1.31. The fourth-order valence-electron chi connectivity index (χ4n) is 1.83. The molecule has 0 saturated carbocycles. The van der Waals surface area contributed by atoms with Crippen LogP contribution in [-0.2, 0) is 19.7 Å². The Labute approximate surface area is 113 Å². The third-order valence-corrected chi connectivity index (χ3v) is 3.13. The van der Waals surface area contributed by atoms with Crippen LogP contribution in [0.1, 0.15) is 27.7 Å². The molecular weight excluding hydrogens is 277 g/mol. The summed E-state index contributed by atoms with van der Waals surface area (Å²) in [6.07, 6.45) is -1.79. The number of rotatable bonds is 2. The SMILES string of the molecule is CC1CN(C(=O)OC(C)(C)C)CC(CS(=O)(=O)F)O1. The maximum absolute atomic E-state index is 12.7. The Morgan fingerprint density at radius 3 is 2.47 bits per heavy atom. The molecule has 0 aromatic rings. The highest BCUT2D eigenvalue weighted by molar-refractivity contribution is 7.86. The molecule has 1 aliphatic heterocycles. The summed E-state index contributed by atoms with van der Waals surface area (Å²) in [5.41, 5.74) is -0.639. The zero-order valence-corrected chi connectivity index (χ0v) is 12.4. The van der Waals surface area contributed by atoms with E-state index in [1.807, 2.05) is 0 Å². The summed E-state index contributed by atoms with van der Waals surface area (Å²) in [5, 5.41) is 0. The van der Waals surface area contributed by atoms with Gasteiger partial charge in [0, 0.05) is 0 Å². The van der Waals surface area contributed by atoms with E-state index in [4.69, 9.17) is 9.47 Å². The summed E-state index contributed by atoms with van der Waals surface area (Å²) < 4.78 is 44.4. The quantitative estimate of drug-likeness (QED) is 0.719. The van der Waals surface area contributed by atoms with Crippen molar-refractivity contribution in [3.05, 3.63) is 0 Å². The van der Waals surface area contributed by atoms with Crippen molar-refractivity contribution in [2.24, 2.45) is 0 Å². The topological polar surface area (TPSA) is 72.9 Å². The lowest BCUT2D eigenvalue weighted by molar-refractivity contribution is -0.0713. The van der Waals surface area contributed by atoms with Crippen molar-refractivity contribution in [3.63, 3.8) is 0 Å². The molecule has 0 aromatic heterocycles. The maximum Gasteiger partial charge on any atom is 0.410 e. The highest BCUT2D eigenvalue weighted by Gasteiger charge is 2.33. The van der Waals surface area contributed by atoms with E-state index in [9.17, 15) is 17.1 Å². The van der Waals surface area contributed by atoms with Crippen LogP contribution in [-0.4, -0.2) is 56.1 Å². The standard InChI is InChI=1S/C11H20FNO5S/c1-8-5-13(10(14)18-11(2,3)4)6-9(17-8)7-19(12,15)16/h8-9H,5-7H2,1-4H3. The van der Waals surface area contributed by atoms with Crippen LogP contribution in [0.25, 0.3) is 0 Å². The Morgan fingerprint density at radius 1 is 1.42 bits per heavy atom. The van der Waals surface area contributed by atoms with Gasteiger partial charge in [-0.15, -0.1) is 3.89 Å².